The van der Waals surface area contributed by atoms with Crippen molar-refractivity contribution in [2.45, 2.75) is 6.17 Å². The second-order valence-electron chi connectivity index (χ2n) is 4.32. The molecule has 0 aromatic rings. The highest BCUT2D eigenvalue weighted by Crippen LogP contribution is 2.03. The third kappa shape index (κ3) is 3.53. The molecule has 1 rings (SSSR count). The summed E-state index contributed by atoms with van der Waals surface area (Å²) in [6.45, 7) is 5.00. The van der Waals surface area contributed by atoms with Crippen molar-refractivity contribution in [2.24, 2.45) is 0 Å². The maximum Gasteiger partial charge on any atom is 0.0743 e. The molecule has 1 aliphatic heterocycles. The zero-order chi connectivity index (χ0) is 10.6. The fourth-order valence-electron chi connectivity index (χ4n) is 1.80. The molecule has 1 heterocycles. The van der Waals surface area contributed by atoms with Gasteiger partial charge in [0.05, 0.1) is 19.4 Å². The lowest BCUT2D eigenvalue weighted by Gasteiger charge is -2.36. The topological polar surface area (TPSA) is 19.0 Å². The number of ether oxygens (including phenoxy) is 1. The SMILES string of the molecule is CN(C)C(CN1CCOCC1)N(C)C. The van der Waals surface area contributed by atoms with Crippen LogP contribution in [-0.4, -0.2) is 81.9 Å². The van der Waals surface area contributed by atoms with Gasteiger partial charge in [0.15, 0.2) is 0 Å². The monoisotopic (exact) mass is 201 g/mol. The number of likely N-dealkylation sites (N-methyl/N-ethyl adjacent to an activating group) is 2. The van der Waals surface area contributed by atoms with Crippen molar-refractivity contribution in [2.75, 3.05) is 61.0 Å². The molecule has 0 aromatic heterocycles. The summed E-state index contributed by atoms with van der Waals surface area (Å²) in [5.74, 6) is 0. The van der Waals surface area contributed by atoms with Gasteiger partial charge < -0.3 is 4.74 Å². The van der Waals surface area contributed by atoms with E-state index in [1.165, 1.54) is 0 Å². The van der Waals surface area contributed by atoms with E-state index >= 15 is 0 Å². The van der Waals surface area contributed by atoms with Crippen LogP contribution in [0.3, 0.4) is 0 Å². The standard InChI is InChI=1S/C10H23N3O/c1-11(2)10(12(3)4)9-13-5-7-14-8-6-13/h10H,5-9H2,1-4H3. The number of nitrogens with zero attached hydrogens (tertiary/aromatic N) is 3. The van der Waals surface area contributed by atoms with Gasteiger partial charge in [-0.2, -0.15) is 0 Å². The van der Waals surface area contributed by atoms with Crippen LogP contribution in [-0.2, 0) is 4.74 Å². The van der Waals surface area contributed by atoms with Gasteiger partial charge >= 0.3 is 0 Å². The molecular weight excluding hydrogens is 178 g/mol. The van der Waals surface area contributed by atoms with Crippen molar-refractivity contribution in [3.05, 3.63) is 0 Å². The predicted molar refractivity (Wildman–Crippen MR) is 58.4 cm³/mol. The zero-order valence-corrected chi connectivity index (χ0v) is 9.86. The first-order valence-corrected chi connectivity index (χ1v) is 5.24. The van der Waals surface area contributed by atoms with E-state index in [4.69, 9.17) is 4.74 Å². The van der Waals surface area contributed by atoms with Crippen LogP contribution in [0.1, 0.15) is 0 Å². The highest BCUT2D eigenvalue weighted by Gasteiger charge is 2.19. The average molecular weight is 201 g/mol. The Labute approximate surface area is 87.4 Å². The third-order valence-corrected chi connectivity index (χ3v) is 2.72. The van der Waals surface area contributed by atoms with Crippen molar-refractivity contribution >= 4 is 0 Å². The summed E-state index contributed by atoms with van der Waals surface area (Å²) >= 11 is 0. The van der Waals surface area contributed by atoms with Gasteiger partial charge in [-0.3, -0.25) is 14.7 Å². The van der Waals surface area contributed by atoms with E-state index in [1.807, 2.05) is 0 Å². The van der Waals surface area contributed by atoms with Gasteiger partial charge in [-0.25, -0.2) is 0 Å². The molecule has 0 aliphatic carbocycles. The van der Waals surface area contributed by atoms with Crippen molar-refractivity contribution in [3.8, 4) is 0 Å². The molecule has 1 saturated heterocycles. The highest BCUT2D eigenvalue weighted by molar-refractivity contribution is 4.71. The van der Waals surface area contributed by atoms with Crippen LogP contribution in [0.4, 0.5) is 0 Å². The fourth-order valence-corrected chi connectivity index (χ4v) is 1.80. The molecule has 0 saturated carbocycles. The normalized spacial score (nSPS) is 19.9. The summed E-state index contributed by atoms with van der Waals surface area (Å²) in [4.78, 5) is 6.99. The lowest BCUT2D eigenvalue weighted by molar-refractivity contribution is 0.00701. The molecule has 0 radical (unpaired) electrons. The Bertz CT molecular complexity index is 147. The summed E-state index contributed by atoms with van der Waals surface area (Å²) in [6.07, 6.45) is 0.494. The smallest absolute Gasteiger partial charge is 0.0743 e. The highest BCUT2D eigenvalue weighted by atomic mass is 16.5. The summed E-state index contributed by atoms with van der Waals surface area (Å²) in [5.41, 5.74) is 0. The van der Waals surface area contributed by atoms with Crippen molar-refractivity contribution < 1.29 is 4.74 Å². The van der Waals surface area contributed by atoms with Gasteiger partial charge in [0.2, 0.25) is 0 Å². The molecule has 4 nitrogen and oxygen atoms in total. The first-order chi connectivity index (χ1) is 6.61. The number of hydrogen-bond acceptors (Lipinski definition) is 4. The van der Waals surface area contributed by atoms with Crippen LogP contribution < -0.4 is 0 Å². The Morgan fingerprint density at radius 2 is 1.57 bits per heavy atom. The van der Waals surface area contributed by atoms with Gasteiger partial charge in [0.25, 0.3) is 0 Å². The Balaban J connectivity index is 2.37. The lowest BCUT2D eigenvalue weighted by atomic mass is 10.3. The van der Waals surface area contributed by atoms with E-state index in [-0.39, 0.29) is 0 Å². The second kappa shape index (κ2) is 5.66. The van der Waals surface area contributed by atoms with E-state index in [0.717, 1.165) is 32.8 Å². The molecule has 0 spiro atoms. The molecule has 0 unspecified atom stereocenters. The Morgan fingerprint density at radius 3 is 2.00 bits per heavy atom. The molecule has 0 amide bonds. The van der Waals surface area contributed by atoms with Crippen molar-refractivity contribution in [3.63, 3.8) is 0 Å². The molecule has 0 aromatic carbocycles. The van der Waals surface area contributed by atoms with E-state index in [2.05, 4.69) is 42.9 Å². The van der Waals surface area contributed by atoms with Crippen molar-refractivity contribution in [1.82, 2.24) is 14.7 Å². The molecule has 1 fully saturated rings. The van der Waals surface area contributed by atoms with Crippen LogP contribution in [0.2, 0.25) is 0 Å². The molecule has 14 heavy (non-hydrogen) atoms. The number of morpholine rings is 1. The van der Waals surface area contributed by atoms with Gasteiger partial charge in [-0.05, 0) is 28.2 Å². The maximum absolute atomic E-state index is 5.33. The first-order valence-electron chi connectivity index (χ1n) is 5.24. The zero-order valence-electron chi connectivity index (χ0n) is 9.86. The number of hydrogen-bond donors (Lipinski definition) is 0. The van der Waals surface area contributed by atoms with E-state index < -0.39 is 0 Å². The van der Waals surface area contributed by atoms with E-state index in [1.54, 1.807) is 0 Å². The fraction of sp³-hybridized carbons (Fsp3) is 1.00. The van der Waals surface area contributed by atoms with Crippen LogP contribution in [0.15, 0.2) is 0 Å². The molecule has 84 valence electrons. The molecular formula is C10H23N3O. The summed E-state index contributed by atoms with van der Waals surface area (Å²) < 4.78 is 5.33. The molecule has 0 N–H and O–H groups in total. The minimum Gasteiger partial charge on any atom is -0.379 e. The van der Waals surface area contributed by atoms with Crippen molar-refractivity contribution in [1.29, 1.82) is 0 Å². The van der Waals surface area contributed by atoms with Crippen LogP contribution in [0, 0.1) is 0 Å². The third-order valence-electron chi connectivity index (χ3n) is 2.72. The summed E-state index contributed by atoms with van der Waals surface area (Å²) in [6, 6.07) is 0. The largest absolute Gasteiger partial charge is 0.379 e. The molecule has 1 aliphatic rings. The average Bonchev–Trinajstić information content (AvgIpc) is 2.15. The molecule has 0 bridgehead atoms. The van der Waals surface area contributed by atoms with Gasteiger partial charge in [0.1, 0.15) is 0 Å². The Kier molecular flexibility index (Phi) is 4.81. The van der Waals surface area contributed by atoms with Crippen LogP contribution >= 0.6 is 0 Å². The van der Waals surface area contributed by atoms with E-state index in [9.17, 15) is 0 Å². The molecule has 4 heteroatoms. The van der Waals surface area contributed by atoms with E-state index in [0.29, 0.717) is 6.17 Å². The Morgan fingerprint density at radius 1 is 1.07 bits per heavy atom. The quantitative estimate of drug-likeness (QED) is 0.585. The minimum absolute atomic E-state index is 0.494. The summed E-state index contributed by atoms with van der Waals surface area (Å²) in [7, 11) is 8.52. The van der Waals surface area contributed by atoms with Gasteiger partial charge in [0, 0.05) is 19.6 Å². The van der Waals surface area contributed by atoms with Crippen LogP contribution in [0.25, 0.3) is 0 Å². The lowest BCUT2D eigenvalue weighted by Crippen LogP contribution is -2.51. The predicted octanol–water partition coefficient (Wildman–Crippen LogP) is -0.232. The summed E-state index contributed by atoms with van der Waals surface area (Å²) in [5, 5.41) is 0. The Hall–Kier alpha value is -0.160. The van der Waals surface area contributed by atoms with Gasteiger partial charge in [-0.15, -0.1) is 0 Å². The molecule has 0 atom stereocenters. The minimum atomic E-state index is 0.494. The van der Waals surface area contributed by atoms with Crippen LogP contribution in [0.5, 0.6) is 0 Å². The number of rotatable bonds is 4. The first kappa shape index (κ1) is 11.9. The maximum atomic E-state index is 5.33. The van der Waals surface area contributed by atoms with Gasteiger partial charge in [-0.1, -0.05) is 0 Å². The second-order valence-corrected chi connectivity index (χ2v) is 4.32.